The third-order valence-electron chi connectivity index (χ3n) is 5.21. The van der Waals surface area contributed by atoms with Crippen LogP contribution in [-0.2, 0) is 4.74 Å². The molecule has 0 spiro atoms. The van der Waals surface area contributed by atoms with Crippen LogP contribution >= 0.6 is 0 Å². The second-order valence-corrected chi connectivity index (χ2v) is 6.51. The van der Waals surface area contributed by atoms with Gasteiger partial charge in [-0.2, -0.15) is 14.6 Å². The maximum Gasteiger partial charge on any atom is 0.242 e. The first-order valence-electron chi connectivity index (χ1n) is 7.98. The molecule has 2 bridgehead atoms. The molecule has 2 aliphatic heterocycles. The summed E-state index contributed by atoms with van der Waals surface area (Å²) >= 11 is 0. The number of aromatic amines is 1. The van der Waals surface area contributed by atoms with Gasteiger partial charge in [0, 0.05) is 25.9 Å². The fourth-order valence-corrected chi connectivity index (χ4v) is 3.76. The van der Waals surface area contributed by atoms with Crippen molar-refractivity contribution >= 4 is 17.3 Å². The van der Waals surface area contributed by atoms with Crippen LogP contribution < -0.4 is 10.2 Å². The minimum absolute atomic E-state index is 0.0262. The Morgan fingerprint density at radius 1 is 1.46 bits per heavy atom. The van der Waals surface area contributed by atoms with Gasteiger partial charge in [0.05, 0.1) is 24.4 Å². The first kappa shape index (κ1) is 13.7. The van der Waals surface area contributed by atoms with Crippen LogP contribution in [0.3, 0.4) is 0 Å². The van der Waals surface area contributed by atoms with Crippen LogP contribution in [0.15, 0.2) is 18.7 Å². The summed E-state index contributed by atoms with van der Waals surface area (Å²) < 4.78 is 7.52. The Balaban J connectivity index is 1.73. The van der Waals surface area contributed by atoms with Gasteiger partial charge in [-0.1, -0.05) is 0 Å². The van der Waals surface area contributed by atoms with Gasteiger partial charge in [-0.15, -0.1) is 5.10 Å². The quantitative estimate of drug-likeness (QED) is 0.736. The number of nitrogens with one attached hydrogen (secondary N) is 2. The summed E-state index contributed by atoms with van der Waals surface area (Å²) in [5, 5.41) is 14.3. The molecule has 9 heteroatoms. The van der Waals surface area contributed by atoms with E-state index in [4.69, 9.17) is 4.74 Å². The molecule has 1 aliphatic carbocycles. The molecule has 0 aromatic carbocycles. The Kier molecular flexibility index (Phi) is 2.67. The average molecular weight is 326 g/mol. The van der Waals surface area contributed by atoms with Crippen LogP contribution in [0.2, 0.25) is 0 Å². The van der Waals surface area contributed by atoms with Crippen molar-refractivity contribution in [2.24, 2.45) is 0 Å². The maximum absolute atomic E-state index is 5.81. The van der Waals surface area contributed by atoms with E-state index in [0.717, 1.165) is 42.0 Å². The molecule has 24 heavy (non-hydrogen) atoms. The standard InChI is InChI=1S/C15H18N8O/c1-16-14-20-13-12(22(2)15-3-10(4-15)24-7-15)11(9-5-18-19-6-9)17-8-23(13)21-14/h5-6,8,10H,3-4,7H2,1-2H3,(H,16,21)(H,18,19). The van der Waals surface area contributed by atoms with E-state index in [1.807, 2.05) is 13.2 Å². The highest BCUT2D eigenvalue weighted by Gasteiger charge is 2.55. The van der Waals surface area contributed by atoms with Crippen LogP contribution in [0.5, 0.6) is 0 Å². The van der Waals surface area contributed by atoms with Gasteiger partial charge in [0.1, 0.15) is 17.7 Å². The lowest BCUT2D eigenvalue weighted by Crippen LogP contribution is -2.54. The van der Waals surface area contributed by atoms with Gasteiger partial charge in [0.25, 0.3) is 0 Å². The minimum atomic E-state index is 0.0262. The van der Waals surface area contributed by atoms with Crippen LogP contribution in [0, 0.1) is 0 Å². The second kappa shape index (κ2) is 4.67. The van der Waals surface area contributed by atoms with Crippen molar-refractivity contribution in [2.45, 2.75) is 24.5 Å². The van der Waals surface area contributed by atoms with Gasteiger partial charge in [-0.25, -0.2) is 4.98 Å². The van der Waals surface area contributed by atoms with Crippen molar-refractivity contribution in [3.05, 3.63) is 18.7 Å². The Morgan fingerprint density at radius 3 is 3.00 bits per heavy atom. The first-order valence-corrected chi connectivity index (χ1v) is 7.98. The average Bonchev–Trinajstić information content (AvgIpc) is 3.35. The smallest absolute Gasteiger partial charge is 0.242 e. The van der Waals surface area contributed by atoms with E-state index >= 15 is 0 Å². The molecule has 3 aromatic heterocycles. The molecular weight excluding hydrogens is 308 g/mol. The van der Waals surface area contributed by atoms with Gasteiger partial charge in [0.2, 0.25) is 5.95 Å². The van der Waals surface area contributed by atoms with Crippen molar-refractivity contribution < 1.29 is 4.74 Å². The third-order valence-corrected chi connectivity index (χ3v) is 5.21. The zero-order valence-electron chi connectivity index (χ0n) is 13.5. The second-order valence-electron chi connectivity index (χ2n) is 6.51. The molecule has 3 fully saturated rings. The molecule has 0 radical (unpaired) electrons. The zero-order valence-corrected chi connectivity index (χ0v) is 13.5. The predicted octanol–water partition coefficient (Wildman–Crippen LogP) is 0.924. The molecule has 124 valence electrons. The number of aromatic nitrogens is 6. The maximum atomic E-state index is 5.81. The van der Waals surface area contributed by atoms with E-state index in [-0.39, 0.29) is 5.54 Å². The number of likely N-dealkylation sites (N-methyl/N-ethyl adjacent to an activating group) is 1. The molecule has 9 nitrogen and oxygen atoms in total. The van der Waals surface area contributed by atoms with Gasteiger partial charge >= 0.3 is 0 Å². The molecular formula is C15H18N8O. The first-order chi connectivity index (χ1) is 11.7. The number of anilines is 2. The Labute approximate surface area is 138 Å². The number of rotatable bonds is 4. The van der Waals surface area contributed by atoms with Crippen molar-refractivity contribution in [3.8, 4) is 11.3 Å². The van der Waals surface area contributed by atoms with E-state index in [0.29, 0.717) is 12.1 Å². The zero-order chi connectivity index (χ0) is 16.3. The SMILES string of the molecule is CNc1nc2c(N(C)C34COC(C3)C4)c(-c3cn[nH]c3)ncn2n1. The van der Waals surface area contributed by atoms with Crippen molar-refractivity contribution in [1.82, 2.24) is 29.8 Å². The number of ether oxygens (including phenoxy) is 1. The monoisotopic (exact) mass is 326 g/mol. The van der Waals surface area contributed by atoms with E-state index in [1.54, 1.807) is 17.0 Å². The number of nitrogens with zero attached hydrogens (tertiary/aromatic N) is 6. The van der Waals surface area contributed by atoms with E-state index in [1.165, 1.54) is 0 Å². The normalized spacial score (nSPS) is 25.0. The lowest BCUT2D eigenvalue weighted by atomic mass is 9.76. The highest BCUT2D eigenvalue weighted by molar-refractivity contribution is 5.85. The lowest BCUT2D eigenvalue weighted by Gasteiger charge is -2.44. The summed E-state index contributed by atoms with van der Waals surface area (Å²) in [4.78, 5) is 11.5. The van der Waals surface area contributed by atoms with Crippen molar-refractivity contribution in [1.29, 1.82) is 0 Å². The number of fused-ring (bicyclic) bond motifs is 2. The van der Waals surface area contributed by atoms with Crippen LogP contribution in [0.25, 0.3) is 16.9 Å². The summed E-state index contributed by atoms with van der Waals surface area (Å²) in [6, 6.07) is 0. The van der Waals surface area contributed by atoms with Crippen LogP contribution in [0.1, 0.15) is 12.8 Å². The van der Waals surface area contributed by atoms with Gasteiger partial charge in [-0.05, 0) is 12.8 Å². The van der Waals surface area contributed by atoms with E-state index in [9.17, 15) is 0 Å². The van der Waals surface area contributed by atoms with Gasteiger partial charge in [0.15, 0.2) is 5.65 Å². The summed E-state index contributed by atoms with van der Waals surface area (Å²) in [6.07, 6.45) is 7.79. The molecule has 0 unspecified atom stereocenters. The lowest BCUT2D eigenvalue weighted by molar-refractivity contribution is 0.123. The van der Waals surface area contributed by atoms with Crippen LogP contribution in [0.4, 0.5) is 11.6 Å². The molecule has 3 aromatic rings. The van der Waals surface area contributed by atoms with Gasteiger partial charge < -0.3 is 15.0 Å². The molecule has 5 heterocycles. The van der Waals surface area contributed by atoms with E-state index in [2.05, 4.69) is 42.5 Å². The molecule has 3 aliphatic rings. The molecule has 1 saturated carbocycles. The number of hydrogen-bond donors (Lipinski definition) is 2. The Bertz CT molecular complexity index is 890. The molecule has 6 rings (SSSR count). The molecule has 2 saturated heterocycles. The van der Waals surface area contributed by atoms with E-state index < -0.39 is 0 Å². The topological polar surface area (TPSA) is 96.3 Å². The number of H-pyrrole nitrogens is 1. The van der Waals surface area contributed by atoms with Gasteiger partial charge in [-0.3, -0.25) is 5.10 Å². The third kappa shape index (κ3) is 1.72. The summed E-state index contributed by atoms with van der Waals surface area (Å²) in [6.45, 7) is 0.743. The molecule has 0 amide bonds. The molecule has 0 atom stereocenters. The fourth-order valence-electron chi connectivity index (χ4n) is 3.76. The summed E-state index contributed by atoms with van der Waals surface area (Å²) in [5.41, 5.74) is 3.53. The fraction of sp³-hybridized carbons (Fsp3) is 0.467. The van der Waals surface area contributed by atoms with Crippen molar-refractivity contribution in [2.75, 3.05) is 30.9 Å². The van der Waals surface area contributed by atoms with Crippen LogP contribution in [-0.4, -0.2) is 62.1 Å². The summed E-state index contributed by atoms with van der Waals surface area (Å²) in [5.74, 6) is 0.572. The summed E-state index contributed by atoms with van der Waals surface area (Å²) in [7, 11) is 3.90. The molecule has 2 N–H and O–H groups in total. The minimum Gasteiger partial charge on any atom is -0.376 e. The van der Waals surface area contributed by atoms with Crippen molar-refractivity contribution in [3.63, 3.8) is 0 Å². The Hall–Kier alpha value is -2.68. The highest BCUT2D eigenvalue weighted by atomic mass is 16.5. The Morgan fingerprint density at radius 2 is 2.33 bits per heavy atom. The largest absolute Gasteiger partial charge is 0.376 e. The highest BCUT2D eigenvalue weighted by Crippen LogP contribution is 2.49. The predicted molar refractivity (Wildman–Crippen MR) is 88.0 cm³/mol. The number of hydrogen-bond acceptors (Lipinski definition) is 7.